The largest absolute Gasteiger partial charge is 0.480 e. The third-order valence-electron chi connectivity index (χ3n) is 2.70. The first-order valence-electron chi connectivity index (χ1n) is 5.94. The number of rotatable bonds is 7. The van der Waals surface area contributed by atoms with Crippen molar-refractivity contribution < 1.29 is 18.7 Å². The number of carboxylic acid groups (broad SMARTS) is 1. The minimum absolute atomic E-state index is 0.0762. The van der Waals surface area contributed by atoms with E-state index in [0.29, 0.717) is 6.42 Å². The lowest BCUT2D eigenvalue weighted by Crippen LogP contribution is -2.36. The van der Waals surface area contributed by atoms with Gasteiger partial charge in [0.05, 0.1) is 0 Å². The molecule has 5 heteroatoms. The summed E-state index contributed by atoms with van der Waals surface area (Å²) in [5.41, 5.74) is 0.263. The van der Waals surface area contributed by atoms with Crippen molar-refractivity contribution in [1.82, 2.24) is 5.32 Å². The lowest BCUT2D eigenvalue weighted by molar-refractivity contribution is -0.139. The Morgan fingerprint density at radius 1 is 1.44 bits per heavy atom. The number of hydrogen-bond donors (Lipinski definition) is 2. The molecule has 18 heavy (non-hydrogen) atoms. The van der Waals surface area contributed by atoms with Crippen LogP contribution in [0.1, 0.15) is 31.7 Å². The highest BCUT2D eigenvalue weighted by Gasteiger charge is 2.16. The predicted octanol–water partition coefficient (Wildman–Crippen LogP) is 2.70. The number of benzene rings is 1. The predicted molar refractivity (Wildman–Crippen MR) is 64.1 cm³/mol. The summed E-state index contributed by atoms with van der Waals surface area (Å²) in [7, 11) is 0. The van der Waals surface area contributed by atoms with Crippen molar-refractivity contribution in [1.29, 1.82) is 0 Å². The second-order valence-corrected chi connectivity index (χ2v) is 4.15. The van der Waals surface area contributed by atoms with Crippen LogP contribution in [-0.4, -0.2) is 17.1 Å². The molecule has 2 N–H and O–H groups in total. The van der Waals surface area contributed by atoms with Crippen molar-refractivity contribution in [2.75, 3.05) is 0 Å². The molecule has 1 aromatic carbocycles. The average molecular weight is 257 g/mol. The molecular formula is C13H17F2NO2. The van der Waals surface area contributed by atoms with E-state index in [0.717, 1.165) is 25.0 Å². The van der Waals surface area contributed by atoms with E-state index >= 15 is 0 Å². The van der Waals surface area contributed by atoms with Crippen molar-refractivity contribution in [2.45, 2.75) is 38.8 Å². The number of hydrogen-bond acceptors (Lipinski definition) is 2. The average Bonchev–Trinajstić information content (AvgIpc) is 2.31. The Labute approximate surface area is 105 Å². The van der Waals surface area contributed by atoms with Gasteiger partial charge in [-0.15, -0.1) is 0 Å². The number of unbranched alkanes of at least 4 members (excludes halogenated alkanes) is 1. The van der Waals surface area contributed by atoms with Gasteiger partial charge in [-0.3, -0.25) is 4.79 Å². The molecule has 100 valence electrons. The van der Waals surface area contributed by atoms with Gasteiger partial charge in [-0.2, -0.15) is 0 Å². The van der Waals surface area contributed by atoms with Crippen LogP contribution in [0.25, 0.3) is 0 Å². The minimum atomic E-state index is -0.953. The summed E-state index contributed by atoms with van der Waals surface area (Å²) in [6, 6.07) is 2.56. The van der Waals surface area contributed by atoms with Crippen LogP contribution in [0.4, 0.5) is 8.78 Å². The highest BCUT2D eigenvalue weighted by Crippen LogP contribution is 2.10. The number of carboxylic acids is 1. The Hall–Kier alpha value is -1.49. The van der Waals surface area contributed by atoms with Crippen molar-refractivity contribution in [3.63, 3.8) is 0 Å². The summed E-state index contributed by atoms with van der Waals surface area (Å²) in [4.78, 5) is 10.9. The molecule has 1 aromatic rings. The van der Waals surface area contributed by atoms with Crippen molar-refractivity contribution in [3.8, 4) is 0 Å². The quantitative estimate of drug-likeness (QED) is 0.789. The van der Waals surface area contributed by atoms with Crippen LogP contribution in [0.15, 0.2) is 18.2 Å². The molecular weight excluding hydrogens is 240 g/mol. The number of nitrogens with one attached hydrogen (secondary N) is 1. The van der Waals surface area contributed by atoms with E-state index in [1.165, 1.54) is 6.07 Å². The van der Waals surface area contributed by atoms with Gasteiger partial charge in [-0.1, -0.05) is 25.8 Å². The lowest BCUT2D eigenvalue weighted by atomic mass is 10.1. The summed E-state index contributed by atoms with van der Waals surface area (Å²) in [6.45, 7) is 2.05. The zero-order chi connectivity index (χ0) is 13.5. The van der Waals surface area contributed by atoms with Crippen LogP contribution < -0.4 is 5.32 Å². The third kappa shape index (κ3) is 4.41. The maximum absolute atomic E-state index is 13.3. The number of halogens is 2. The summed E-state index contributed by atoms with van der Waals surface area (Å²) < 4.78 is 26.0. The van der Waals surface area contributed by atoms with E-state index in [1.54, 1.807) is 0 Å². The fraction of sp³-hybridized carbons (Fsp3) is 0.462. The Morgan fingerprint density at radius 3 is 2.72 bits per heavy atom. The fourth-order valence-corrected chi connectivity index (χ4v) is 1.62. The van der Waals surface area contributed by atoms with E-state index in [-0.39, 0.29) is 12.1 Å². The van der Waals surface area contributed by atoms with Crippen molar-refractivity contribution in [2.24, 2.45) is 0 Å². The molecule has 1 rings (SSSR count). The van der Waals surface area contributed by atoms with Gasteiger partial charge in [-0.25, -0.2) is 8.78 Å². The first-order valence-corrected chi connectivity index (χ1v) is 5.94. The second kappa shape index (κ2) is 7.06. The summed E-state index contributed by atoms with van der Waals surface area (Å²) in [6.07, 6.45) is 2.18. The van der Waals surface area contributed by atoms with E-state index < -0.39 is 23.6 Å². The molecule has 0 amide bonds. The van der Waals surface area contributed by atoms with Crippen molar-refractivity contribution in [3.05, 3.63) is 35.4 Å². The molecule has 0 saturated carbocycles. The standard InChI is InChI=1S/C13H17F2NO2/c1-2-3-4-12(13(17)18)16-8-9-5-6-10(14)7-11(9)15/h5-7,12,16H,2-4,8H2,1H3,(H,17,18). The highest BCUT2D eigenvalue weighted by atomic mass is 19.1. The van der Waals surface area contributed by atoms with E-state index in [4.69, 9.17) is 5.11 Å². The first-order chi connectivity index (χ1) is 8.54. The van der Waals surface area contributed by atoms with E-state index in [9.17, 15) is 13.6 Å². The second-order valence-electron chi connectivity index (χ2n) is 4.15. The maximum atomic E-state index is 13.3. The Bertz CT molecular complexity index is 410. The van der Waals surface area contributed by atoms with Gasteiger partial charge in [0.1, 0.15) is 17.7 Å². The van der Waals surface area contributed by atoms with Crippen LogP contribution in [-0.2, 0) is 11.3 Å². The van der Waals surface area contributed by atoms with Gasteiger partial charge >= 0.3 is 5.97 Å². The summed E-state index contributed by atoms with van der Waals surface area (Å²) >= 11 is 0. The summed E-state index contributed by atoms with van der Waals surface area (Å²) in [5.74, 6) is -2.26. The summed E-state index contributed by atoms with van der Waals surface area (Å²) in [5, 5.41) is 11.7. The van der Waals surface area contributed by atoms with Crippen LogP contribution in [0.2, 0.25) is 0 Å². The van der Waals surface area contributed by atoms with Gasteiger partial charge in [0, 0.05) is 18.2 Å². The fourth-order valence-electron chi connectivity index (χ4n) is 1.62. The number of carbonyl (C=O) groups is 1. The van der Waals surface area contributed by atoms with Crippen LogP contribution in [0.5, 0.6) is 0 Å². The van der Waals surface area contributed by atoms with Gasteiger partial charge in [0.15, 0.2) is 0 Å². The van der Waals surface area contributed by atoms with E-state index in [1.807, 2.05) is 6.92 Å². The molecule has 0 fully saturated rings. The molecule has 0 aromatic heterocycles. The van der Waals surface area contributed by atoms with Gasteiger partial charge < -0.3 is 10.4 Å². The molecule has 0 saturated heterocycles. The normalized spacial score (nSPS) is 12.4. The molecule has 0 aliphatic carbocycles. The first kappa shape index (κ1) is 14.6. The molecule has 3 nitrogen and oxygen atoms in total. The van der Waals surface area contributed by atoms with Gasteiger partial charge in [0.25, 0.3) is 0 Å². The van der Waals surface area contributed by atoms with Crippen LogP contribution >= 0.6 is 0 Å². The molecule has 0 radical (unpaired) electrons. The SMILES string of the molecule is CCCCC(NCc1ccc(F)cc1F)C(=O)O. The van der Waals surface area contributed by atoms with Gasteiger partial charge in [0.2, 0.25) is 0 Å². The Morgan fingerprint density at radius 2 is 2.17 bits per heavy atom. The Balaban J connectivity index is 2.58. The minimum Gasteiger partial charge on any atom is -0.480 e. The third-order valence-corrected chi connectivity index (χ3v) is 2.70. The molecule has 0 heterocycles. The highest BCUT2D eigenvalue weighted by molar-refractivity contribution is 5.73. The van der Waals surface area contributed by atoms with E-state index in [2.05, 4.69) is 5.32 Å². The molecule has 0 aliphatic rings. The zero-order valence-corrected chi connectivity index (χ0v) is 10.2. The number of aliphatic carboxylic acids is 1. The molecule has 1 unspecified atom stereocenters. The van der Waals surface area contributed by atoms with Crippen LogP contribution in [0, 0.1) is 11.6 Å². The monoisotopic (exact) mass is 257 g/mol. The lowest BCUT2D eigenvalue weighted by Gasteiger charge is -2.14. The molecule has 1 atom stereocenters. The molecule has 0 spiro atoms. The zero-order valence-electron chi connectivity index (χ0n) is 10.2. The van der Waals surface area contributed by atoms with Crippen LogP contribution in [0.3, 0.4) is 0 Å². The van der Waals surface area contributed by atoms with Gasteiger partial charge in [-0.05, 0) is 12.5 Å². The maximum Gasteiger partial charge on any atom is 0.320 e. The topological polar surface area (TPSA) is 49.3 Å². The van der Waals surface area contributed by atoms with Crippen molar-refractivity contribution >= 4 is 5.97 Å². The molecule has 0 bridgehead atoms. The molecule has 0 aliphatic heterocycles. The Kier molecular flexibility index (Phi) is 5.71. The smallest absolute Gasteiger partial charge is 0.320 e.